The molecule has 6 aromatic rings. The molecule has 0 aliphatic heterocycles. The Balaban J connectivity index is 1.61. The van der Waals surface area contributed by atoms with E-state index in [1.165, 1.54) is 11.3 Å². The lowest BCUT2D eigenvalue weighted by Gasteiger charge is -2.04. The number of fused-ring (bicyclic) bond motifs is 2. The first-order valence-corrected chi connectivity index (χ1v) is 10.7. The average molecular weight is 424 g/mol. The zero-order valence-electron chi connectivity index (χ0n) is 16.6. The summed E-state index contributed by atoms with van der Waals surface area (Å²) in [5.41, 5.74) is 5.09. The highest BCUT2D eigenvalue weighted by molar-refractivity contribution is 7.19. The van der Waals surface area contributed by atoms with Crippen molar-refractivity contribution >= 4 is 27.2 Å². The first-order chi connectivity index (χ1) is 15.3. The van der Waals surface area contributed by atoms with Gasteiger partial charge in [-0.1, -0.05) is 72.0 Å². The molecule has 1 N–H and O–H groups in total. The van der Waals surface area contributed by atoms with Crippen LogP contribution in [-0.2, 0) is 0 Å². The minimum absolute atomic E-state index is 0.683. The first-order valence-electron chi connectivity index (χ1n) is 9.85. The van der Waals surface area contributed by atoms with Gasteiger partial charge in [0.2, 0.25) is 10.8 Å². The van der Waals surface area contributed by atoms with Crippen molar-refractivity contribution in [2.75, 3.05) is 7.11 Å². The predicted molar refractivity (Wildman–Crippen MR) is 123 cm³/mol. The van der Waals surface area contributed by atoms with Crippen LogP contribution in [0.25, 0.3) is 49.1 Å². The highest BCUT2D eigenvalue weighted by Gasteiger charge is 2.22. The van der Waals surface area contributed by atoms with Gasteiger partial charge in [0.05, 0.1) is 12.8 Å². The van der Waals surface area contributed by atoms with E-state index in [1.807, 2.05) is 59.1 Å². The quantitative estimate of drug-likeness (QED) is 0.396. The lowest BCUT2D eigenvalue weighted by Crippen LogP contribution is -1.93. The summed E-state index contributed by atoms with van der Waals surface area (Å²) in [4.78, 5) is 4.30. The van der Waals surface area contributed by atoms with Crippen molar-refractivity contribution in [1.82, 2.24) is 24.8 Å². The maximum Gasteiger partial charge on any atom is 0.235 e. The molecule has 0 unspecified atom stereocenters. The molecule has 0 saturated carbocycles. The number of rotatable bonds is 4. The molecule has 0 saturated heterocycles. The first kappa shape index (κ1) is 17.9. The highest BCUT2D eigenvalue weighted by atomic mass is 32.1. The van der Waals surface area contributed by atoms with Crippen LogP contribution in [0.5, 0.6) is 5.75 Å². The third-order valence-corrected chi connectivity index (χ3v) is 6.25. The minimum Gasteiger partial charge on any atom is -0.497 e. The van der Waals surface area contributed by atoms with E-state index in [0.29, 0.717) is 5.82 Å². The molecular formula is C24H17N5OS. The Kier molecular flexibility index (Phi) is 4.07. The lowest BCUT2D eigenvalue weighted by molar-refractivity contribution is 0.415. The molecule has 0 aliphatic carbocycles. The van der Waals surface area contributed by atoms with Crippen LogP contribution in [0.15, 0.2) is 78.9 Å². The molecule has 3 heterocycles. The van der Waals surface area contributed by atoms with Crippen molar-refractivity contribution in [1.29, 1.82) is 0 Å². The molecule has 0 fully saturated rings. The standard InChI is InChI=1S/C24H17N5OS/c1-30-17-12-13-19-18(14-17)20(15-8-4-2-5-9-15)21(25-19)22-26-27-24-29(22)28-23(31-24)16-10-6-3-7-11-16/h2-14,25H,1H3. The maximum atomic E-state index is 5.48. The number of methoxy groups -OCH3 is 1. The monoisotopic (exact) mass is 423 g/mol. The molecule has 0 amide bonds. The number of aromatic amines is 1. The van der Waals surface area contributed by atoms with Crippen LogP contribution in [0.1, 0.15) is 0 Å². The second-order valence-corrected chi connectivity index (χ2v) is 8.10. The Morgan fingerprint density at radius 2 is 1.61 bits per heavy atom. The second kappa shape index (κ2) is 7.07. The molecule has 7 heteroatoms. The number of H-pyrrole nitrogens is 1. The molecule has 0 bridgehead atoms. The molecule has 0 aliphatic rings. The third-order valence-electron chi connectivity index (χ3n) is 5.30. The van der Waals surface area contributed by atoms with Crippen molar-refractivity contribution in [2.24, 2.45) is 0 Å². The van der Waals surface area contributed by atoms with Crippen molar-refractivity contribution in [3.8, 4) is 39.0 Å². The zero-order chi connectivity index (χ0) is 20.8. The van der Waals surface area contributed by atoms with E-state index in [4.69, 9.17) is 9.84 Å². The molecule has 6 rings (SSSR count). The van der Waals surface area contributed by atoms with Crippen LogP contribution in [0.4, 0.5) is 0 Å². The average Bonchev–Trinajstić information content (AvgIpc) is 3.52. The number of aromatic nitrogens is 5. The summed E-state index contributed by atoms with van der Waals surface area (Å²) in [6.07, 6.45) is 0. The van der Waals surface area contributed by atoms with Crippen molar-refractivity contribution in [3.63, 3.8) is 0 Å². The van der Waals surface area contributed by atoms with Gasteiger partial charge < -0.3 is 9.72 Å². The van der Waals surface area contributed by atoms with Gasteiger partial charge in [-0.2, -0.15) is 9.61 Å². The van der Waals surface area contributed by atoms with Gasteiger partial charge in [0.1, 0.15) is 10.8 Å². The topological polar surface area (TPSA) is 68.1 Å². The number of ether oxygens (including phenoxy) is 1. The fraction of sp³-hybridized carbons (Fsp3) is 0.0417. The van der Waals surface area contributed by atoms with E-state index in [9.17, 15) is 0 Å². The maximum absolute atomic E-state index is 5.48. The normalized spacial score (nSPS) is 11.4. The van der Waals surface area contributed by atoms with E-state index in [2.05, 4.69) is 39.4 Å². The molecule has 6 nitrogen and oxygen atoms in total. The van der Waals surface area contributed by atoms with Gasteiger partial charge in [0.15, 0.2) is 0 Å². The third kappa shape index (κ3) is 2.90. The van der Waals surface area contributed by atoms with Crippen LogP contribution in [0.2, 0.25) is 0 Å². The summed E-state index contributed by atoms with van der Waals surface area (Å²) >= 11 is 1.52. The predicted octanol–water partition coefficient (Wildman–Crippen LogP) is 5.68. The molecule has 0 radical (unpaired) electrons. The SMILES string of the molecule is COc1ccc2[nH]c(-c3nnc4sc(-c5ccccc5)nn34)c(-c3ccccc3)c2c1. The van der Waals surface area contributed by atoms with Gasteiger partial charge in [0, 0.05) is 22.0 Å². The molecule has 3 aromatic carbocycles. The van der Waals surface area contributed by atoms with E-state index in [0.717, 1.165) is 49.0 Å². The largest absolute Gasteiger partial charge is 0.497 e. The van der Waals surface area contributed by atoms with Crippen LogP contribution >= 0.6 is 11.3 Å². The van der Waals surface area contributed by atoms with Gasteiger partial charge in [-0.05, 0) is 23.8 Å². The van der Waals surface area contributed by atoms with Crippen LogP contribution in [0, 0.1) is 0 Å². The van der Waals surface area contributed by atoms with Gasteiger partial charge in [0.25, 0.3) is 0 Å². The molecule has 0 atom stereocenters. The molecule has 0 spiro atoms. The second-order valence-electron chi connectivity index (χ2n) is 7.14. The Labute approximate surface area is 181 Å². The van der Waals surface area contributed by atoms with Crippen LogP contribution in [0.3, 0.4) is 0 Å². The number of nitrogens with one attached hydrogen (secondary N) is 1. The van der Waals surface area contributed by atoms with E-state index < -0.39 is 0 Å². The van der Waals surface area contributed by atoms with Gasteiger partial charge in [-0.15, -0.1) is 10.2 Å². The molecule has 150 valence electrons. The lowest BCUT2D eigenvalue weighted by atomic mass is 10.0. The fourth-order valence-corrected chi connectivity index (χ4v) is 4.69. The number of hydrogen-bond acceptors (Lipinski definition) is 5. The van der Waals surface area contributed by atoms with Gasteiger partial charge in [-0.3, -0.25) is 0 Å². The minimum atomic E-state index is 0.683. The number of nitrogens with zero attached hydrogens (tertiary/aromatic N) is 4. The zero-order valence-corrected chi connectivity index (χ0v) is 17.4. The van der Waals surface area contributed by atoms with Crippen LogP contribution in [-0.4, -0.2) is 31.9 Å². The Bertz CT molecular complexity index is 1520. The highest BCUT2D eigenvalue weighted by Crippen LogP contribution is 2.39. The number of benzene rings is 3. The Morgan fingerprint density at radius 3 is 2.35 bits per heavy atom. The Morgan fingerprint density at radius 1 is 0.871 bits per heavy atom. The van der Waals surface area contributed by atoms with Crippen molar-refractivity contribution in [3.05, 3.63) is 78.9 Å². The summed E-state index contributed by atoms with van der Waals surface area (Å²) in [7, 11) is 1.68. The number of hydrogen-bond donors (Lipinski definition) is 1. The van der Waals surface area contributed by atoms with E-state index in [1.54, 1.807) is 7.11 Å². The summed E-state index contributed by atoms with van der Waals surface area (Å²) < 4.78 is 7.30. The van der Waals surface area contributed by atoms with E-state index >= 15 is 0 Å². The Hall–Kier alpha value is -3.97. The molecular weight excluding hydrogens is 406 g/mol. The molecule has 3 aromatic heterocycles. The summed E-state index contributed by atoms with van der Waals surface area (Å²) in [5.74, 6) is 1.49. The summed E-state index contributed by atoms with van der Waals surface area (Å²) in [6, 6.07) is 26.4. The van der Waals surface area contributed by atoms with Gasteiger partial charge >= 0.3 is 0 Å². The fourth-order valence-electron chi connectivity index (χ4n) is 3.84. The van der Waals surface area contributed by atoms with Crippen molar-refractivity contribution in [2.45, 2.75) is 0 Å². The van der Waals surface area contributed by atoms with Crippen LogP contribution < -0.4 is 4.74 Å². The summed E-state index contributed by atoms with van der Waals surface area (Å²) in [6.45, 7) is 0. The molecule has 31 heavy (non-hydrogen) atoms. The smallest absolute Gasteiger partial charge is 0.235 e. The summed E-state index contributed by atoms with van der Waals surface area (Å²) in [5, 5.41) is 15.7. The van der Waals surface area contributed by atoms with Gasteiger partial charge in [-0.25, -0.2) is 0 Å². The van der Waals surface area contributed by atoms with Crippen molar-refractivity contribution < 1.29 is 4.74 Å². The van der Waals surface area contributed by atoms with E-state index in [-0.39, 0.29) is 0 Å².